The van der Waals surface area contributed by atoms with Crippen LogP contribution >= 0.6 is 15.9 Å². The van der Waals surface area contributed by atoms with Crippen LogP contribution in [0.5, 0.6) is 11.5 Å². The lowest BCUT2D eigenvalue weighted by Gasteiger charge is -2.11. The van der Waals surface area contributed by atoms with Crippen LogP contribution in [0, 0.1) is 20.8 Å². The molecular formula is C19H21BrN2O4. The van der Waals surface area contributed by atoms with Crippen molar-refractivity contribution < 1.29 is 19.1 Å². The Kier molecular flexibility index (Phi) is 7.03. The summed E-state index contributed by atoms with van der Waals surface area (Å²) in [4.78, 5) is 23.5. The SMILES string of the molecule is Cc1cc(C)cc(OCC(=O)NNC(=O)COc2ccc(C)cc2Br)c1. The van der Waals surface area contributed by atoms with E-state index in [1.165, 1.54) is 0 Å². The van der Waals surface area contributed by atoms with E-state index in [0.717, 1.165) is 21.2 Å². The third-order valence-corrected chi connectivity index (χ3v) is 3.97. The topological polar surface area (TPSA) is 76.7 Å². The largest absolute Gasteiger partial charge is 0.484 e. The first kappa shape index (κ1) is 19.8. The summed E-state index contributed by atoms with van der Waals surface area (Å²) in [5.74, 6) is 0.220. The van der Waals surface area contributed by atoms with Gasteiger partial charge in [0.15, 0.2) is 13.2 Å². The Morgan fingerprint density at radius 3 is 2.00 bits per heavy atom. The zero-order valence-corrected chi connectivity index (χ0v) is 16.5. The Balaban J connectivity index is 1.72. The van der Waals surface area contributed by atoms with Crippen LogP contribution in [-0.4, -0.2) is 25.0 Å². The van der Waals surface area contributed by atoms with Crippen LogP contribution in [0.15, 0.2) is 40.9 Å². The zero-order valence-electron chi connectivity index (χ0n) is 14.9. The normalized spacial score (nSPS) is 10.2. The number of carbonyl (C=O) groups excluding carboxylic acids is 2. The van der Waals surface area contributed by atoms with E-state index >= 15 is 0 Å². The lowest BCUT2D eigenvalue weighted by atomic mass is 10.1. The van der Waals surface area contributed by atoms with Crippen molar-refractivity contribution in [3.63, 3.8) is 0 Å². The molecule has 2 N–H and O–H groups in total. The third kappa shape index (κ3) is 6.40. The van der Waals surface area contributed by atoms with E-state index in [0.29, 0.717) is 11.5 Å². The molecule has 0 saturated carbocycles. The fourth-order valence-electron chi connectivity index (χ4n) is 2.24. The minimum atomic E-state index is -0.475. The van der Waals surface area contributed by atoms with Crippen LogP contribution < -0.4 is 20.3 Å². The van der Waals surface area contributed by atoms with Crippen molar-refractivity contribution in [1.29, 1.82) is 0 Å². The second-order valence-corrected chi connectivity index (χ2v) is 6.79. The number of hydrogen-bond acceptors (Lipinski definition) is 4. The second-order valence-electron chi connectivity index (χ2n) is 5.93. The van der Waals surface area contributed by atoms with Crippen LogP contribution in [0.2, 0.25) is 0 Å². The van der Waals surface area contributed by atoms with E-state index in [1.807, 2.05) is 51.1 Å². The number of aryl methyl sites for hydroxylation is 3. The lowest BCUT2D eigenvalue weighted by molar-refractivity contribution is -0.131. The molecule has 0 heterocycles. The van der Waals surface area contributed by atoms with Gasteiger partial charge in [-0.3, -0.25) is 20.4 Å². The van der Waals surface area contributed by atoms with Gasteiger partial charge in [0.25, 0.3) is 11.8 Å². The van der Waals surface area contributed by atoms with Gasteiger partial charge in [0.05, 0.1) is 4.47 Å². The molecule has 6 nitrogen and oxygen atoms in total. The molecule has 0 aliphatic carbocycles. The van der Waals surface area contributed by atoms with Crippen molar-refractivity contribution in [1.82, 2.24) is 10.9 Å². The highest BCUT2D eigenvalue weighted by Crippen LogP contribution is 2.25. The molecule has 0 radical (unpaired) electrons. The summed E-state index contributed by atoms with van der Waals surface area (Å²) in [6, 6.07) is 11.2. The summed E-state index contributed by atoms with van der Waals surface area (Å²) in [6.07, 6.45) is 0. The van der Waals surface area contributed by atoms with Gasteiger partial charge in [-0.25, -0.2) is 0 Å². The van der Waals surface area contributed by atoms with Crippen LogP contribution in [0.1, 0.15) is 16.7 Å². The first-order chi connectivity index (χ1) is 12.3. The maximum atomic E-state index is 11.8. The number of benzene rings is 2. The third-order valence-electron chi connectivity index (χ3n) is 3.35. The zero-order chi connectivity index (χ0) is 19.1. The number of hydrogen-bond donors (Lipinski definition) is 2. The van der Waals surface area contributed by atoms with E-state index in [4.69, 9.17) is 9.47 Å². The fourth-order valence-corrected chi connectivity index (χ4v) is 2.85. The van der Waals surface area contributed by atoms with Crippen molar-refractivity contribution in [3.8, 4) is 11.5 Å². The first-order valence-electron chi connectivity index (χ1n) is 8.01. The van der Waals surface area contributed by atoms with Gasteiger partial charge < -0.3 is 9.47 Å². The molecule has 0 aliphatic rings. The molecule has 138 valence electrons. The predicted molar refractivity (Wildman–Crippen MR) is 102 cm³/mol. The highest BCUT2D eigenvalue weighted by molar-refractivity contribution is 9.10. The highest BCUT2D eigenvalue weighted by atomic mass is 79.9. The highest BCUT2D eigenvalue weighted by Gasteiger charge is 2.08. The number of amides is 2. The molecule has 2 aromatic carbocycles. The molecule has 2 rings (SSSR count). The van der Waals surface area contributed by atoms with Gasteiger partial charge in [-0.15, -0.1) is 0 Å². The first-order valence-corrected chi connectivity index (χ1v) is 8.80. The molecule has 0 fully saturated rings. The van der Waals surface area contributed by atoms with Crippen molar-refractivity contribution in [2.24, 2.45) is 0 Å². The quantitative estimate of drug-likeness (QED) is 0.704. The Labute approximate surface area is 161 Å². The van der Waals surface area contributed by atoms with E-state index in [9.17, 15) is 9.59 Å². The number of carbonyl (C=O) groups is 2. The van der Waals surface area contributed by atoms with Crippen molar-refractivity contribution in [2.75, 3.05) is 13.2 Å². The van der Waals surface area contributed by atoms with Gasteiger partial charge in [0.1, 0.15) is 11.5 Å². The molecule has 0 aromatic heterocycles. The molecule has 0 saturated heterocycles. The van der Waals surface area contributed by atoms with Crippen molar-refractivity contribution in [3.05, 3.63) is 57.6 Å². The molecule has 2 aromatic rings. The van der Waals surface area contributed by atoms with Gasteiger partial charge in [-0.1, -0.05) is 12.1 Å². The summed E-state index contributed by atoms with van der Waals surface area (Å²) in [7, 11) is 0. The molecule has 2 amide bonds. The summed E-state index contributed by atoms with van der Waals surface area (Å²) in [5, 5.41) is 0. The number of hydrazine groups is 1. The van der Waals surface area contributed by atoms with Crippen LogP contribution in [0.4, 0.5) is 0 Å². The summed E-state index contributed by atoms with van der Waals surface area (Å²) < 4.78 is 11.6. The predicted octanol–water partition coefficient (Wildman–Crippen LogP) is 2.98. The van der Waals surface area contributed by atoms with Gasteiger partial charge in [-0.2, -0.15) is 0 Å². The van der Waals surface area contributed by atoms with Gasteiger partial charge in [0.2, 0.25) is 0 Å². The number of ether oxygens (including phenoxy) is 2. The fraction of sp³-hybridized carbons (Fsp3) is 0.263. The minimum Gasteiger partial charge on any atom is -0.484 e. The average Bonchev–Trinajstić information content (AvgIpc) is 2.56. The number of rotatable bonds is 6. The number of halogens is 1. The standard InChI is InChI=1S/C19H21BrN2O4/c1-12-4-5-17(16(20)9-12)26-11-19(24)22-21-18(23)10-25-15-7-13(2)6-14(3)8-15/h4-9H,10-11H2,1-3H3,(H,21,23)(H,22,24). The molecule has 0 aliphatic heterocycles. The lowest BCUT2D eigenvalue weighted by Crippen LogP contribution is -2.45. The van der Waals surface area contributed by atoms with Crippen molar-refractivity contribution >= 4 is 27.7 Å². The van der Waals surface area contributed by atoms with E-state index in [2.05, 4.69) is 26.8 Å². The maximum absolute atomic E-state index is 11.8. The molecule has 26 heavy (non-hydrogen) atoms. The van der Waals surface area contributed by atoms with Gasteiger partial charge in [0, 0.05) is 0 Å². The van der Waals surface area contributed by atoms with Crippen LogP contribution in [-0.2, 0) is 9.59 Å². The maximum Gasteiger partial charge on any atom is 0.276 e. The summed E-state index contributed by atoms with van der Waals surface area (Å²) in [6.45, 7) is 5.43. The monoisotopic (exact) mass is 420 g/mol. The Morgan fingerprint density at radius 1 is 0.846 bits per heavy atom. The molecule has 0 unspecified atom stereocenters. The molecule has 0 bridgehead atoms. The van der Waals surface area contributed by atoms with E-state index < -0.39 is 11.8 Å². The molecule has 7 heteroatoms. The second kappa shape index (κ2) is 9.24. The van der Waals surface area contributed by atoms with Crippen LogP contribution in [0.3, 0.4) is 0 Å². The smallest absolute Gasteiger partial charge is 0.276 e. The summed E-state index contributed by atoms with van der Waals surface area (Å²) >= 11 is 3.37. The Morgan fingerprint density at radius 2 is 1.42 bits per heavy atom. The van der Waals surface area contributed by atoms with Crippen molar-refractivity contribution in [2.45, 2.75) is 20.8 Å². The Bertz CT molecular complexity index is 788. The van der Waals surface area contributed by atoms with E-state index in [-0.39, 0.29) is 13.2 Å². The molecular weight excluding hydrogens is 400 g/mol. The number of nitrogens with one attached hydrogen (secondary N) is 2. The van der Waals surface area contributed by atoms with Crippen LogP contribution in [0.25, 0.3) is 0 Å². The Hall–Kier alpha value is -2.54. The van der Waals surface area contributed by atoms with Gasteiger partial charge >= 0.3 is 0 Å². The molecule has 0 atom stereocenters. The minimum absolute atomic E-state index is 0.201. The molecule has 0 spiro atoms. The average molecular weight is 421 g/mol. The summed E-state index contributed by atoms with van der Waals surface area (Å²) in [5.41, 5.74) is 7.74. The van der Waals surface area contributed by atoms with Gasteiger partial charge in [-0.05, 0) is 77.7 Å². The van der Waals surface area contributed by atoms with E-state index in [1.54, 1.807) is 6.07 Å².